The highest BCUT2D eigenvalue weighted by Gasteiger charge is 2.58. The molecule has 7 rings (SSSR count). The number of esters is 1. The Labute approximate surface area is 264 Å². The Morgan fingerprint density at radius 1 is 0.889 bits per heavy atom. The third kappa shape index (κ3) is 5.38. The molecule has 0 N–H and O–H groups in total. The van der Waals surface area contributed by atoms with E-state index in [1.807, 2.05) is 30.3 Å². The summed E-state index contributed by atoms with van der Waals surface area (Å²) >= 11 is 0. The lowest BCUT2D eigenvalue weighted by atomic mass is 9.48. The second-order valence-corrected chi connectivity index (χ2v) is 13.6. The minimum Gasteiger partial charge on any atom is -0.493 e. The number of carbonyl (C=O) groups excluding carboxylic acids is 2. The molecule has 0 bridgehead atoms. The average molecular weight is 613 g/mol. The molecule has 7 nitrogen and oxygen atoms in total. The number of Topliss-reactive ketones (excluding diaryl/α,β-unsaturated/α-hetero) is 1. The molecule has 3 fully saturated rings. The number of para-hydroxylation sites is 1. The van der Waals surface area contributed by atoms with Gasteiger partial charge in [0, 0.05) is 30.7 Å². The van der Waals surface area contributed by atoms with Crippen LogP contribution in [0.5, 0.6) is 11.5 Å². The van der Waals surface area contributed by atoms with E-state index >= 15 is 0 Å². The lowest BCUT2D eigenvalue weighted by molar-refractivity contribution is -0.148. The van der Waals surface area contributed by atoms with Gasteiger partial charge in [0.15, 0.2) is 17.1 Å². The van der Waals surface area contributed by atoms with E-state index in [2.05, 4.69) is 19.9 Å². The highest BCUT2D eigenvalue weighted by atomic mass is 16.5. The zero-order valence-electron chi connectivity index (χ0n) is 27.0. The minimum atomic E-state index is -0.212. The molecule has 1 aromatic heterocycles. The predicted molar refractivity (Wildman–Crippen MR) is 173 cm³/mol. The van der Waals surface area contributed by atoms with E-state index in [9.17, 15) is 14.4 Å². The molecule has 0 radical (unpaired) electrons. The first-order valence-corrected chi connectivity index (χ1v) is 16.2. The summed E-state index contributed by atoms with van der Waals surface area (Å²) in [7, 11) is 3.01. The minimum absolute atomic E-state index is 0.0438. The maximum atomic E-state index is 12.6. The summed E-state index contributed by atoms with van der Waals surface area (Å²) in [6.07, 6.45) is 10.8. The number of rotatable bonds is 4. The van der Waals surface area contributed by atoms with Crippen LogP contribution in [0.25, 0.3) is 22.3 Å². The van der Waals surface area contributed by atoms with Crippen LogP contribution in [0, 0.1) is 28.6 Å². The molecule has 1 heterocycles. The van der Waals surface area contributed by atoms with Crippen LogP contribution in [0.4, 0.5) is 0 Å². The van der Waals surface area contributed by atoms with E-state index in [-0.39, 0.29) is 34.1 Å². The molecule has 0 saturated heterocycles. The lowest BCUT2D eigenvalue weighted by Crippen LogP contribution is -2.50. The van der Waals surface area contributed by atoms with E-state index in [0.29, 0.717) is 46.0 Å². The Hall–Kier alpha value is -3.87. The second-order valence-electron chi connectivity index (χ2n) is 13.6. The number of methoxy groups -OCH3 is 2. The number of hydrogen-bond donors (Lipinski definition) is 0. The van der Waals surface area contributed by atoms with Crippen LogP contribution < -0.4 is 14.9 Å². The molecule has 0 aliphatic heterocycles. The van der Waals surface area contributed by atoms with Crippen LogP contribution in [0.2, 0.25) is 0 Å². The fourth-order valence-electron chi connectivity index (χ4n) is 9.03. The summed E-state index contributed by atoms with van der Waals surface area (Å²) < 4.78 is 22.0. The standard InChI is InChI=1S/C21H30O3.C17H14O4/c1-13(22)24-15-8-10-20(2)14(12-15)4-5-16-17-6-7-19(23)21(17,3)11-9-18(16)20;1-19-13-10-6-9-12-14(18)17(20-2)15(21-16(12)13)11-7-4-3-5-8-11/h4,15-18H,5-12H2,1-3H3;3-10H,1-2H3. The summed E-state index contributed by atoms with van der Waals surface area (Å²) in [6, 6.07) is 14.6. The van der Waals surface area contributed by atoms with Gasteiger partial charge in [0.25, 0.3) is 0 Å². The van der Waals surface area contributed by atoms with Gasteiger partial charge in [0.1, 0.15) is 11.9 Å². The molecule has 45 heavy (non-hydrogen) atoms. The van der Waals surface area contributed by atoms with Gasteiger partial charge in [-0.2, -0.15) is 0 Å². The summed E-state index contributed by atoms with van der Waals surface area (Å²) in [4.78, 5) is 36.3. The molecule has 6 unspecified atom stereocenters. The van der Waals surface area contributed by atoms with Crippen molar-refractivity contribution in [3.63, 3.8) is 0 Å². The van der Waals surface area contributed by atoms with Gasteiger partial charge in [-0.25, -0.2) is 0 Å². The lowest BCUT2D eigenvalue weighted by Gasteiger charge is -2.56. The van der Waals surface area contributed by atoms with Gasteiger partial charge >= 0.3 is 5.97 Å². The van der Waals surface area contributed by atoms with E-state index in [0.717, 1.165) is 50.5 Å². The molecule has 238 valence electrons. The number of benzene rings is 2. The van der Waals surface area contributed by atoms with Crippen molar-refractivity contribution in [3.05, 3.63) is 70.4 Å². The predicted octanol–water partition coefficient (Wildman–Crippen LogP) is 7.93. The maximum Gasteiger partial charge on any atom is 0.302 e. The SMILES string of the molecule is CC(=O)OC1CCC2(C)C(=CCC3C4CCC(=O)C4(C)CCC32)C1.COc1c(-c2ccccc2)oc2c(OC)cccc2c1=O. The van der Waals surface area contributed by atoms with Gasteiger partial charge in [0.2, 0.25) is 11.2 Å². The number of carbonyl (C=O) groups is 2. The average Bonchev–Trinajstić information content (AvgIpc) is 3.35. The number of fused-ring (bicyclic) bond motifs is 6. The fraction of sp³-hybridized carbons (Fsp3) is 0.500. The van der Waals surface area contributed by atoms with Crippen molar-refractivity contribution in [1.82, 2.24) is 0 Å². The van der Waals surface area contributed by atoms with Crippen LogP contribution in [0.1, 0.15) is 72.1 Å². The highest BCUT2D eigenvalue weighted by Crippen LogP contribution is 2.64. The van der Waals surface area contributed by atoms with Crippen molar-refractivity contribution in [1.29, 1.82) is 0 Å². The van der Waals surface area contributed by atoms with Gasteiger partial charge in [-0.3, -0.25) is 14.4 Å². The van der Waals surface area contributed by atoms with Crippen LogP contribution in [0.3, 0.4) is 0 Å². The number of allylic oxidation sites excluding steroid dienone is 1. The number of ether oxygens (including phenoxy) is 3. The quantitative estimate of drug-likeness (QED) is 0.218. The van der Waals surface area contributed by atoms with E-state index in [1.54, 1.807) is 25.3 Å². The third-order valence-corrected chi connectivity index (χ3v) is 11.4. The normalized spacial score (nSPS) is 30.2. The first kappa shape index (κ1) is 31.1. The zero-order valence-corrected chi connectivity index (χ0v) is 27.0. The zero-order chi connectivity index (χ0) is 31.9. The molecule has 4 aliphatic carbocycles. The molecule has 6 atom stereocenters. The van der Waals surface area contributed by atoms with E-state index < -0.39 is 0 Å². The van der Waals surface area contributed by atoms with Crippen molar-refractivity contribution < 1.29 is 28.2 Å². The van der Waals surface area contributed by atoms with E-state index in [4.69, 9.17) is 18.6 Å². The molecular weight excluding hydrogens is 568 g/mol. The topological polar surface area (TPSA) is 92.0 Å². The Morgan fingerprint density at radius 3 is 2.33 bits per heavy atom. The Kier molecular flexibility index (Phi) is 8.40. The van der Waals surface area contributed by atoms with Gasteiger partial charge in [-0.1, -0.05) is 61.9 Å². The highest BCUT2D eigenvalue weighted by molar-refractivity contribution is 5.87. The molecule has 2 aromatic carbocycles. The Balaban J connectivity index is 0.000000160. The van der Waals surface area contributed by atoms with Crippen LogP contribution in [-0.4, -0.2) is 32.1 Å². The summed E-state index contributed by atoms with van der Waals surface area (Å²) in [5, 5.41) is 0.436. The number of ketones is 1. The molecule has 0 amide bonds. The fourth-order valence-corrected chi connectivity index (χ4v) is 9.03. The molecule has 0 spiro atoms. The summed E-state index contributed by atoms with van der Waals surface area (Å²) in [5.74, 6) is 3.45. The Morgan fingerprint density at radius 2 is 1.62 bits per heavy atom. The maximum absolute atomic E-state index is 12.6. The van der Waals surface area contributed by atoms with Crippen LogP contribution in [0.15, 0.2) is 69.4 Å². The van der Waals surface area contributed by atoms with Crippen molar-refractivity contribution in [2.45, 2.75) is 78.2 Å². The molecule has 3 saturated carbocycles. The van der Waals surface area contributed by atoms with E-state index in [1.165, 1.54) is 26.0 Å². The molecule has 7 heteroatoms. The van der Waals surface area contributed by atoms with Crippen molar-refractivity contribution in [3.8, 4) is 22.8 Å². The second kappa shape index (κ2) is 12.1. The van der Waals surface area contributed by atoms with Gasteiger partial charge in [-0.05, 0) is 73.8 Å². The summed E-state index contributed by atoms with van der Waals surface area (Å²) in [6.45, 7) is 6.19. The van der Waals surface area contributed by atoms with Crippen molar-refractivity contribution >= 4 is 22.7 Å². The largest absolute Gasteiger partial charge is 0.493 e. The third-order valence-electron chi connectivity index (χ3n) is 11.4. The molecular formula is C38H44O7. The van der Waals surface area contributed by atoms with Gasteiger partial charge < -0.3 is 18.6 Å². The van der Waals surface area contributed by atoms with Crippen LogP contribution in [-0.2, 0) is 14.3 Å². The van der Waals surface area contributed by atoms with Crippen molar-refractivity contribution in [2.24, 2.45) is 28.6 Å². The Bertz CT molecular complexity index is 1690. The summed E-state index contributed by atoms with van der Waals surface area (Å²) in [5.41, 5.74) is 2.72. The molecule has 4 aliphatic rings. The van der Waals surface area contributed by atoms with Gasteiger partial charge in [-0.15, -0.1) is 0 Å². The van der Waals surface area contributed by atoms with Gasteiger partial charge in [0.05, 0.1) is 19.6 Å². The smallest absolute Gasteiger partial charge is 0.302 e. The van der Waals surface area contributed by atoms with Crippen LogP contribution >= 0.6 is 0 Å². The van der Waals surface area contributed by atoms with Crippen molar-refractivity contribution in [2.75, 3.05) is 14.2 Å². The molecule has 3 aromatic rings. The number of hydrogen-bond acceptors (Lipinski definition) is 7. The monoisotopic (exact) mass is 612 g/mol. The first-order valence-electron chi connectivity index (χ1n) is 16.2. The first-order chi connectivity index (χ1) is 21.6.